The molecule has 25 heavy (non-hydrogen) atoms. The molecule has 1 unspecified atom stereocenters. The molecule has 3 rings (SSSR count). The minimum absolute atomic E-state index is 0.357. The van der Waals surface area contributed by atoms with Crippen LogP contribution in [0.4, 0.5) is 5.82 Å². The Morgan fingerprint density at radius 2 is 2.12 bits per heavy atom. The third-order valence-corrected chi connectivity index (χ3v) is 4.71. The Kier molecular flexibility index (Phi) is 5.49. The van der Waals surface area contributed by atoms with Crippen molar-refractivity contribution in [2.24, 2.45) is 5.92 Å². The molecule has 130 valence electrons. The van der Waals surface area contributed by atoms with Gasteiger partial charge in [-0.3, -0.25) is 0 Å². The van der Waals surface area contributed by atoms with E-state index in [2.05, 4.69) is 41.9 Å². The molecule has 1 fully saturated rings. The second kappa shape index (κ2) is 7.79. The summed E-state index contributed by atoms with van der Waals surface area (Å²) in [6, 6.07) is 4.65. The maximum absolute atomic E-state index is 9.50. The maximum atomic E-state index is 9.50. The SMILES string of the molecule is Cc1cc(C)c(C#N)c(N2CCCC(COc3ncc(Br)cn3)C2)n1. The summed E-state index contributed by atoms with van der Waals surface area (Å²) >= 11 is 3.31. The van der Waals surface area contributed by atoms with Crippen LogP contribution in [0.3, 0.4) is 0 Å². The van der Waals surface area contributed by atoms with Crippen molar-refractivity contribution >= 4 is 21.7 Å². The van der Waals surface area contributed by atoms with Gasteiger partial charge in [0.1, 0.15) is 11.9 Å². The van der Waals surface area contributed by atoms with Crippen LogP contribution in [0.25, 0.3) is 0 Å². The summed E-state index contributed by atoms with van der Waals surface area (Å²) in [5.74, 6) is 1.15. The minimum atomic E-state index is 0.357. The maximum Gasteiger partial charge on any atom is 0.316 e. The van der Waals surface area contributed by atoms with Gasteiger partial charge in [-0.25, -0.2) is 15.0 Å². The molecule has 0 saturated carbocycles. The van der Waals surface area contributed by atoms with Crippen molar-refractivity contribution in [3.05, 3.63) is 39.8 Å². The summed E-state index contributed by atoms with van der Waals surface area (Å²) in [4.78, 5) is 15.1. The molecule has 0 radical (unpaired) electrons. The van der Waals surface area contributed by atoms with Gasteiger partial charge in [0.05, 0.1) is 16.6 Å². The van der Waals surface area contributed by atoms with E-state index in [1.54, 1.807) is 12.4 Å². The molecule has 6 nitrogen and oxygen atoms in total. The molecule has 2 aromatic heterocycles. The number of nitrogens with zero attached hydrogens (tertiary/aromatic N) is 5. The van der Waals surface area contributed by atoms with E-state index >= 15 is 0 Å². The first-order valence-electron chi connectivity index (χ1n) is 8.30. The Hall–Kier alpha value is -2.20. The lowest BCUT2D eigenvalue weighted by molar-refractivity contribution is 0.213. The van der Waals surface area contributed by atoms with Gasteiger partial charge in [0.2, 0.25) is 0 Å². The van der Waals surface area contributed by atoms with E-state index in [1.165, 1.54) is 0 Å². The van der Waals surface area contributed by atoms with Gasteiger partial charge >= 0.3 is 6.01 Å². The standard InChI is InChI=1S/C18H20BrN5O/c1-12-6-13(2)23-17(16(12)7-20)24-5-3-4-14(10-24)11-25-18-21-8-15(19)9-22-18/h6,8-9,14H,3-5,10-11H2,1-2H3. The molecule has 1 aliphatic heterocycles. The number of rotatable bonds is 4. The lowest BCUT2D eigenvalue weighted by Crippen LogP contribution is -2.39. The van der Waals surface area contributed by atoms with Crippen molar-refractivity contribution in [1.82, 2.24) is 15.0 Å². The molecule has 0 N–H and O–H groups in total. The molecule has 1 atom stereocenters. The third kappa shape index (κ3) is 4.26. The van der Waals surface area contributed by atoms with Crippen LogP contribution in [0.2, 0.25) is 0 Å². The fourth-order valence-electron chi connectivity index (χ4n) is 3.14. The Morgan fingerprint density at radius 1 is 1.36 bits per heavy atom. The van der Waals surface area contributed by atoms with Gasteiger partial charge in [-0.1, -0.05) is 0 Å². The number of aryl methyl sites for hydroxylation is 2. The zero-order chi connectivity index (χ0) is 17.8. The first kappa shape index (κ1) is 17.6. The Labute approximate surface area is 156 Å². The van der Waals surface area contributed by atoms with Crippen LogP contribution in [0.5, 0.6) is 6.01 Å². The summed E-state index contributed by atoms with van der Waals surface area (Å²) in [5, 5.41) is 9.50. The predicted molar refractivity (Wildman–Crippen MR) is 98.6 cm³/mol. The van der Waals surface area contributed by atoms with Crippen LogP contribution in [0.15, 0.2) is 22.9 Å². The molecular weight excluding hydrogens is 382 g/mol. The van der Waals surface area contributed by atoms with Crippen molar-refractivity contribution in [2.75, 3.05) is 24.6 Å². The first-order valence-corrected chi connectivity index (χ1v) is 9.09. The lowest BCUT2D eigenvalue weighted by atomic mass is 9.98. The van der Waals surface area contributed by atoms with Gasteiger partial charge in [0.15, 0.2) is 0 Å². The Morgan fingerprint density at radius 3 is 2.84 bits per heavy atom. The molecule has 0 amide bonds. The number of aromatic nitrogens is 3. The zero-order valence-corrected chi connectivity index (χ0v) is 16.0. The van der Waals surface area contributed by atoms with Crippen molar-refractivity contribution in [3.8, 4) is 12.1 Å². The normalized spacial score (nSPS) is 17.2. The Bertz CT molecular complexity index is 787. The number of hydrogen-bond donors (Lipinski definition) is 0. The minimum Gasteiger partial charge on any atom is -0.463 e. The number of hydrogen-bond acceptors (Lipinski definition) is 6. The largest absolute Gasteiger partial charge is 0.463 e. The van der Waals surface area contributed by atoms with Crippen LogP contribution >= 0.6 is 15.9 Å². The molecular formula is C18H20BrN5O. The summed E-state index contributed by atoms with van der Waals surface area (Å²) in [6.45, 7) is 6.22. The molecule has 0 bridgehead atoms. The fourth-order valence-corrected chi connectivity index (χ4v) is 3.35. The molecule has 1 aliphatic rings. The number of nitriles is 1. The van der Waals surface area contributed by atoms with E-state index < -0.39 is 0 Å². The van der Waals surface area contributed by atoms with E-state index in [4.69, 9.17) is 4.74 Å². The molecule has 7 heteroatoms. The molecule has 3 heterocycles. The summed E-state index contributed by atoms with van der Waals surface area (Å²) in [5.41, 5.74) is 2.59. The highest BCUT2D eigenvalue weighted by molar-refractivity contribution is 9.10. The summed E-state index contributed by atoms with van der Waals surface area (Å²) < 4.78 is 6.56. The van der Waals surface area contributed by atoms with E-state index in [9.17, 15) is 5.26 Å². The van der Waals surface area contributed by atoms with E-state index in [0.717, 1.165) is 47.5 Å². The van der Waals surface area contributed by atoms with Gasteiger partial charge in [-0.2, -0.15) is 5.26 Å². The predicted octanol–water partition coefficient (Wildman–Crippen LogP) is 3.42. The second-order valence-corrected chi connectivity index (χ2v) is 7.26. The van der Waals surface area contributed by atoms with Crippen LogP contribution < -0.4 is 9.64 Å². The van der Waals surface area contributed by atoms with Gasteiger partial charge in [-0.05, 0) is 54.2 Å². The monoisotopic (exact) mass is 401 g/mol. The summed E-state index contributed by atoms with van der Waals surface area (Å²) in [7, 11) is 0. The highest BCUT2D eigenvalue weighted by Crippen LogP contribution is 2.27. The average Bonchev–Trinajstić information content (AvgIpc) is 2.61. The lowest BCUT2D eigenvalue weighted by Gasteiger charge is -2.34. The average molecular weight is 402 g/mol. The second-order valence-electron chi connectivity index (χ2n) is 6.34. The highest BCUT2D eigenvalue weighted by Gasteiger charge is 2.24. The number of halogens is 1. The smallest absolute Gasteiger partial charge is 0.316 e. The van der Waals surface area contributed by atoms with E-state index in [1.807, 2.05) is 19.9 Å². The highest BCUT2D eigenvalue weighted by atomic mass is 79.9. The topological polar surface area (TPSA) is 74.9 Å². The molecule has 2 aromatic rings. The third-order valence-electron chi connectivity index (χ3n) is 4.30. The van der Waals surface area contributed by atoms with Gasteiger partial charge in [-0.15, -0.1) is 0 Å². The fraction of sp³-hybridized carbons (Fsp3) is 0.444. The van der Waals surface area contributed by atoms with Crippen LogP contribution in [0, 0.1) is 31.1 Å². The quantitative estimate of drug-likeness (QED) is 0.780. The first-order chi connectivity index (χ1) is 12.1. The number of pyridine rings is 1. The molecule has 0 aliphatic carbocycles. The number of ether oxygens (including phenoxy) is 1. The van der Waals surface area contributed by atoms with Crippen molar-refractivity contribution < 1.29 is 4.74 Å². The molecule has 0 aromatic carbocycles. The van der Waals surface area contributed by atoms with Crippen LogP contribution in [-0.4, -0.2) is 34.6 Å². The van der Waals surface area contributed by atoms with Crippen molar-refractivity contribution in [2.45, 2.75) is 26.7 Å². The molecule has 0 spiro atoms. The Balaban J connectivity index is 1.69. The number of anilines is 1. The number of piperidine rings is 1. The van der Waals surface area contributed by atoms with Crippen molar-refractivity contribution in [3.63, 3.8) is 0 Å². The van der Waals surface area contributed by atoms with Gasteiger partial charge in [0.25, 0.3) is 0 Å². The van der Waals surface area contributed by atoms with E-state index in [0.29, 0.717) is 24.1 Å². The van der Waals surface area contributed by atoms with Crippen LogP contribution in [-0.2, 0) is 0 Å². The van der Waals surface area contributed by atoms with Gasteiger partial charge in [0, 0.05) is 37.1 Å². The van der Waals surface area contributed by atoms with E-state index in [-0.39, 0.29) is 0 Å². The van der Waals surface area contributed by atoms with Gasteiger partial charge < -0.3 is 9.64 Å². The summed E-state index contributed by atoms with van der Waals surface area (Å²) in [6.07, 6.45) is 5.48. The molecule has 1 saturated heterocycles. The van der Waals surface area contributed by atoms with Crippen LogP contribution in [0.1, 0.15) is 29.7 Å². The zero-order valence-electron chi connectivity index (χ0n) is 14.4. The van der Waals surface area contributed by atoms with Crippen molar-refractivity contribution in [1.29, 1.82) is 5.26 Å².